The van der Waals surface area contributed by atoms with Gasteiger partial charge in [0.2, 0.25) is 0 Å². The molecule has 1 aromatic carbocycles. The number of carbonyl (C=O) groups is 2. The van der Waals surface area contributed by atoms with Crippen LogP contribution in [0.2, 0.25) is 0 Å². The van der Waals surface area contributed by atoms with Crippen molar-refractivity contribution in [3.8, 4) is 0 Å². The van der Waals surface area contributed by atoms with Crippen molar-refractivity contribution in [3.63, 3.8) is 0 Å². The maximum absolute atomic E-state index is 12.5. The van der Waals surface area contributed by atoms with Crippen LogP contribution in [0.5, 0.6) is 0 Å². The van der Waals surface area contributed by atoms with Crippen molar-refractivity contribution < 1.29 is 14.3 Å². The molecule has 1 amide bonds. The molecule has 0 spiro atoms. The molecule has 0 aliphatic rings. The third-order valence-electron chi connectivity index (χ3n) is 3.91. The summed E-state index contributed by atoms with van der Waals surface area (Å²) < 4.78 is 5.17. The fourth-order valence-corrected chi connectivity index (χ4v) is 3.98. The molecular formula is C21H27NO3S. The van der Waals surface area contributed by atoms with Gasteiger partial charge in [-0.05, 0) is 42.9 Å². The van der Waals surface area contributed by atoms with Gasteiger partial charge in [-0.2, -0.15) is 0 Å². The molecule has 0 saturated carbocycles. The SMILES string of the molecule is CCOC(=O)c1cc(C(C)CC(C)(C)C)sc1NC(=O)c1ccccc1. The number of amides is 1. The van der Waals surface area contributed by atoms with E-state index in [0.29, 0.717) is 22.7 Å². The lowest BCUT2D eigenvalue weighted by molar-refractivity contribution is 0.0528. The van der Waals surface area contributed by atoms with Crippen LogP contribution in [-0.2, 0) is 4.74 Å². The molecule has 4 nitrogen and oxygen atoms in total. The molecule has 0 bridgehead atoms. The highest BCUT2D eigenvalue weighted by Gasteiger charge is 2.24. The Morgan fingerprint density at radius 2 is 1.85 bits per heavy atom. The Balaban J connectivity index is 2.30. The molecule has 1 atom stereocenters. The van der Waals surface area contributed by atoms with Gasteiger partial charge in [0.1, 0.15) is 5.00 Å². The van der Waals surface area contributed by atoms with Crippen molar-refractivity contribution in [1.82, 2.24) is 0 Å². The van der Waals surface area contributed by atoms with Gasteiger partial charge < -0.3 is 10.1 Å². The molecule has 0 saturated heterocycles. The van der Waals surface area contributed by atoms with E-state index in [0.717, 1.165) is 11.3 Å². The van der Waals surface area contributed by atoms with Crippen LogP contribution in [0.1, 0.15) is 72.6 Å². The van der Waals surface area contributed by atoms with Crippen LogP contribution in [-0.4, -0.2) is 18.5 Å². The van der Waals surface area contributed by atoms with E-state index in [1.807, 2.05) is 24.3 Å². The van der Waals surface area contributed by atoms with Crippen molar-refractivity contribution in [2.45, 2.75) is 47.0 Å². The molecule has 1 heterocycles. The summed E-state index contributed by atoms with van der Waals surface area (Å²) in [6.07, 6.45) is 0.988. The van der Waals surface area contributed by atoms with E-state index in [-0.39, 0.29) is 17.2 Å². The number of carbonyl (C=O) groups excluding carboxylic acids is 2. The molecule has 26 heavy (non-hydrogen) atoms. The number of esters is 1. The Morgan fingerprint density at radius 3 is 2.42 bits per heavy atom. The molecule has 0 radical (unpaired) electrons. The Kier molecular flexibility index (Phi) is 6.59. The molecule has 0 aliphatic heterocycles. The van der Waals surface area contributed by atoms with Gasteiger partial charge in [0.05, 0.1) is 12.2 Å². The maximum atomic E-state index is 12.5. The molecule has 0 fully saturated rings. The number of ether oxygens (including phenoxy) is 1. The van der Waals surface area contributed by atoms with Gasteiger partial charge in [-0.3, -0.25) is 4.79 Å². The largest absolute Gasteiger partial charge is 0.462 e. The zero-order valence-electron chi connectivity index (χ0n) is 16.1. The highest BCUT2D eigenvalue weighted by molar-refractivity contribution is 7.16. The smallest absolute Gasteiger partial charge is 0.341 e. The second kappa shape index (κ2) is 8.49. The average Bonchev–Trinajstić information content (AvgIpc) is 2.98. The number of thiophene rings is 1. The summed E-state index contributed by atoms with van der Waals surface area (Å²) in [6.45, 7) is 10.8. The van der Waals surface area contributed by atoms with E-state index in [1.54, 1.807) is 19.1 Å². The zero-order chi connectivity index (χ0) is 19.3. The van der Waals surface area contributed by atoms with E-state index in [9.17, 15) is 9.59 Å². The third kappa shape index (κ3) is 5.43. The molecule has 1 unspecified atom stereocenters. The van der Waals surface area contributed by atoms with Gasteiger partial charge in [-0.25, -0.2) is 4.79 Å². The van der Waals surface area contributed by atoms with Crippen molar-refractivity contribution in [3.05, 3.63) is 52.4 Å². The highest BCUT2D eigenvalue weighted by Crippen LogP contribution is 2.38. The summed E-state index contributed by atoms with van der Waals surface area (Å²) in [5.74, 6) is -0.343. The average molecular weight is 374 g/mol. The maximum Gasteiger partial charge on any atom is 0.341 e. The van der Waals surface area contributed by atoms with Crippen LogP contribution in [0.3, 0.4) is 0 Å². The number of hydrogen-bond acceptors (Lipinski definition) is 4. The lowest BCUT2D eigenvalue weighted by atomic mass is 9.85. The first-order chi connectivity index (χ1) is 12.2. The monoisotopic (exact) mass is 373 g/mol. The molecule has 2 aromatic rings. The van der Waals surface area contributed by atoms with Gasteiger partial charge in [-0.1, -0.05) is 45.9 Å². The minimum absolute atomic E-state index is 0.181. The lowest BCUT2D eigenvalue weighted by Gasteiger charge is -2.22. The predicted molar refractivity (Wildman–Crippen MR) is 107 cm³/mol. The Hall–Kier alpha value is -2.14. The minimum atomic E-state index is -0.402. The topological polar surface area (TPSA) is 55.4 Å². The van der Waals surface area contributed by atoms with Crippen molar-refractivity contribution in [2.75, 3.05) is 11.9 Å². The molecule has 1 aromatic heterocycles. The van der Waals surface area contributed by atoms with E-state index in [1.165, 1.54) is 11.3 Å². The summed E-state index contributed by atoms with van der Waals surface area (Å²) in [7, 11) is 0. The first-order valence-electron chi connectivity index (χ1n) is 8.88. The molecule has 1 N–H and O–H groups in total. The molecular weight excluding hydrogens is 346 g/mol. The summed E-state index contributed by atoms with van der Waals surface area (Å²) in [4.78, 5) is 25.9. The number of nitrogens with one attached hydrogen (secondary N) is 1. The standard InChI is InChI=1S/C21H27NO3S/c1-6-25-20(24)16-12-17(14(2)13-21(3,4)5)26-19(16)22-18(23)15-10-8-7-9-11-15/h7-12,14H,6,13H2,1-5H3,(H,22,23). The first kappa shape index (κ1) is 20.2. The summed E-state index contributed by atoms with van der Waals surface area (Å²) in [5, 5.41) is 3.43. The lowest BCUT2D eigenvalue weighted by Crippen LogP contribution is -2.14. The van der Waals surface area contributed by atoms with Gasteiger partial charge in [0, 0.05) is 10.4 Å². The third-order valence-corrected chi connectivity index (χ3v) is 5.20. The van der Waals surface area contributed by atoms with Crippen molar-refractivity contribution >= 4 is 28.2 Å². The van der Waals surface area contributed by atoms with E-state index in [2.05, 4.69) is 33.0 Å². The number of anilines is 1. The van der Waals surface area contributed by atoms with Crippen LogP contribution in [0.15, 0.2) is 36.4 Å². The summed E-state index contributed by atoms with van der Waals surface area (Å²) in [6, 6.07) is 10.8. The van der Waals surface area contributed by atoms with Gasteiger partial charge in [-0.15, -0.1) is 11.3 Å². The summed E-state index contributed by atoms with van der Waals surface area (Å²) >= 11 is 1.45. The number of benzene rings is 1. The van der Waals surface area contributed by atoms with Crippen LogP contribution in [0.4, 0.5) is 5.00 Å². The fraction of sp³-hybridized carbons (Fsp3) is 0.429. The van der Waals surface area contributed by atoms with Gasteiger partial charge in [0.15, 0.2) is 0 Å². The number of hydrogen-bond donors (Lipinski definition) is 1. The zero-order valence-corrected chi connectivity index (χ0v) is 16.9. The van der Waals surface area contributed by atoms with Crippen LogP contribution < -0.4 is 5.32 Å². The Bertz CT molecular complexity index is 759. The normalized spacial score (nSPS) is 12.5. The predicted octanol–water partition coefficient (Wildman–Crippen LogP) is 5.72. The highest BCUT2D eigenvalue weighted by atomic mass is 32.1. The van der Waals surface area contributed by atoms with Crippen molar-refractivity contribution in [2.24, 2.45) is 5.41 Å². The fourth-order valence-electron chi connectivity index (χ4n) is 2.89. The van der Waals surface area contributed by atoms with Crippen molar-refractivity contribution in [1.29, 1.82) is 0 Å². The van der Waals surface area contributed by atoms with Gasteiger partial charge >= 0.3 is 5.97 Å². The second-order valence-electron chi connectivity index (χ2n) is 7.60. The van der Waals surface area contributed by atoms with Crippen LogP contribution in [0, 0.1) is 5.41 Å². The molecule has 140 valence electrons. The van der Waals surface area contributed by atoms with E-state index >= 15 is 0 Å². The van der Waals surface area contributed by atoms with Gasteiger partial charge in [0.25, 0.3) is 5.91 Å². The van der Waals surface area contributed by atoms with E-state index in [4.69, 9.17) is 4.74 Å². The van der Waals surface area contributed by atoms with Crippen LogP contribution >= 0.6 is 11.3 Å². The molecule has 5 heteroatoms. The first-order valence-corrected chi connectivity index (χ1v) is 9.70. The molecule has 0 aliphatic carbocycles. The minimum Gasteiger partial charge on any atom is -0.462 e. The number of rotatable bonds is 6. The van der Waals surface area contributed by atoms with E-state index < -0.39 is 5.97 Å². The van der Waals surface area contributed by atoms with Crippen LogP contribution in [0.25, 0.3) is 0 Å². The second-order valence-corrected chi connectivity index (χ2v) is 8.68. The quantitative estimate of drug-likeness (QED) is 0.659. The Labute approximate surface area is 159 Å². The molecule has 2 rings (SSSR count). The summed E-state index contributed by atoms with van der Waals surface area (Å²) in [5.41, 5.74) is 1.16. The Morgan fingerprint density at radius 1 is 1.19 bits per heavy atom.